The first-order valence-electron chi connectivity index (χ1n) is 12.0. The second kappa shape index (κ2) is 9.70. The molecule has 1 aliphatic carbocycles. The summed E-state index contributed by atoms with van der Waals surface area (Å²) in [4.78, 5) is 19.3. The molecule has 3 aliphatic rings. The van der Waals surface area contributed by atoms with E-state index >= 15 is 0 Å². The third-order valence-electron chi connectivity index (χ3n) is 7.38. The molecule has 2 atom stereocenters. The summed E-state index contributed by atoms with van der Waals surface area (Å²) in [6, 6.07) is 3.68. The second-order valence-corrected chi connectivity index (χ2v) is 13.5. The molecule has 194 valence electrons. The van der Waals surface area contributed by atoms with Crippen molar-refractivity contribution in [1.29, 1.82) is 0 Å². The zero-order valence-electron chi connectivity index (χ0n) is 20.2. The molecular weight excluding hydrogens is 499 g/mol. The molecule has 2 fully saturated rings. The summed E-state index contributed by atoms with van der Waals surface area (Å²) in [5.41, 5.74) is -0.724. The Kier molecular flexibility index (Phi) is 7.34. The molecule has 11 heteroatoms. The molecule has 2 unspecified atom stereocenters. The van der Waals surface area contributed by atoms with Crippen LogP contribution in [0.15, 0.2) is 34.2 Å². The fourth-order valence-electron chi connectivity index (χ4n) is 5.33. The van der Waals surface area contributed by atoms with Gasteiger partial charge in [0.2, 0.25) is 10.0 Å². The van der Waals surface area contributed by atoms with E-state index in [0.29, 0.717) is 19.4 Å². The molecule has 0 aromatic heterocycles. The number of alkyl halides is 3. The van der Waals surface area contributed by atoms with Gasteiger partial charge in [0.15, 0.2) is 5.17 Å². The van der Waals surface area contributed by atoms with E-state index in [4.69, 9.17) is 0 Å². The lowest BCUT2D eigenvalue weighted by molar-refractivity contribution is -0.137. The molecule has 0 bridgehead atoms. The molecule has 2 heterocycles. The number of carbonyl (C=O) groups excluding carboxylic acids is 1. The van der Waals surface area contributed by atoms with E-state index < -0.39 is 21.8 Å². The molecular formula is C24H32F3N3O3S2. The normalized spacial score (nSPS) is 26.2. The van der Waals surface area contributed by atoms with Crippen molar-refractivity contribution in [3.8, 4) is 0 Å². The number of hydrogen-bond acceptors (Lipinski definition) is 5. The Morgan fingerprint density at radius 3 is 2.34 bits per heavy atom. The summed E-state index contributed by atoms with van der Waals surface area (Å²) in [5.74, 6) is -0.0841. The topological polar surface area (TPSA) is 70.1 Å². The van der Waals surface area contributed by atoms with Gasteiger partial charge in [0.1, 0.15) is 0 Å². The highest BCUT2D eigenvalue weighted by atomic mass is 32.2. The monoisotopic (exact) mass is 531 g/mol. The van der Waals surface area contributed by atoms with Gasteiger partial charge in [0, 0.05) is 30.9 Å². The summed E-state index contributed by atoms with van der Waals surface area (Å²) in [5, 5.41) is 0.972. The van der Waals surface area contributed by atoms with Gasteiger partial charge in [-0.25, -0.2) is 8.42 Å². The maximum Gasteiger partial charge on any atom is 0.416 e. The highest BCUT2D eigenvalue weighted by Crippen LogP contribution is 2.46. The van der Waals surface area contributed by atoms with Gasteiger partial charge in [-0.3, -0.25) is 4.79 Å². The van der Waals surface area contributed by atoms with Gasteiger partial charge in [0.05, 0.1) is 16.4 Å². The van der Waals surface area contributed by atoms with Gasteiger partial charge in [-0.1, -0.05) is 25.6 Å². The van der Waals surface area contributed by atoms with Crippen LogP contribution in [-0.4, -0.2) is 59.6 Å². The number of fused-ring (bicyclic) bond motifs is 1. The summed E-state index contributed by atoms with van der Waals surface area (Å²) in [6.45, 7) is 7.59. The van der Waals surface area contributed by atoms with E-state index in [1.165, 1.54) is 4.31 Å². The number of rotatable bonds is 4. The maximum absolute atomic E-state index is 13.0. The number of piperidine rings is 1. The number of sulfonamides is 1. The largest absolute Gasteiger partial charge is 0.416 e. The van der Waals surface area contributed by atoms with Gasteiger partial charge in [-0.2, -0.15) is 22.5 Å². The summed E-state index contributed by atoms with van der Waals surface area (Å²) >= 11 is 1.68. The van der Waals surface area contributed by atoms with E-state index in [-0.39, 0.29) is 46.5 Å². The van der Waals surface area contributed by atoms with Crippen LogP contribution in [-0.2, 0) is 21.0 Å². The van der Waals surface area contributed by atoms with E-state index in [1.54, 1.807) is 11.8 Å². The zero-order valence-corrected chi connectivity index (χ0v) is 21.8. The Hall–Kier alpha value is -1.59. The highest BCUT2D eigenvalue weighted by Gasteiger charge is 2.44. The molecule has 0 radical (unpaired) electrons. The average molecular weight is 532 g/mol. The van der Waals surface area contributed by atoms with Crippen LogP contribution in [0.25, 0.3) is 0 Å². The SMILES string of the molecule is CCN(C1=NC(=O)C2CC(C)(C)CCC2S1)C1CCN(S(=O)(=O)c2ccc(C(F)(F)F)cc2)CC1. The number of halogens is 3. The van der Waals surface area contributed by atoms with Crippen LogP contribution in [0.5, 0.6) is 0 Å². The smallest absolute Gasteiger partial charge is 0.348 e. The number of amides is 1. The van der Waals surface area contributed by atoms with Crippen LogP contribution in [0.2, 0.25) is 0 Å². The van der Waals surface area contributed by atoms with E-state index in [2.05, 4.69) is 23.7 Å². The van der Waals surface area contributed by atoms with Crippen LogP contribution in [0.1, 0.15) is 58.4 Å². The van der Waals surface area contributed by atoms with Crippen molar-refractivity contribution in [2.45, 2.75) is 75.2 Å². The predicted octanol–water partition coefficient (Wildman–Crippen LogP) is 5.00. The Morgan fingerprint density at radius 1 is 1.14 bits per heavy atom. The first-order chi connectivity index (χ1) is 16.3. The van der Waals surface area contributed by atoms with Crippen LogP contribution in [0, 0.1) is 11.3 Å². The van der Waals surface area contributed by atoms with E-state index in [1.807, 2.05) is 6.92 Å². The third-order valence-corrected chi connectivity index (χ3v) is 10.7. The quantitative estimate of drug-likeness (QED) is 0.547. The molecule has 2 aliphatic heterocycles. The summed E-state index contributed by atoms with van der Waals surface area (Å²) in [7, 11) is -3.88. The van der Waals surface area contributed by atoms with Gasteiger partial charge in [-0.05, 0) is 68.7 Å². The number of amidine groups is 1. The number of carbonyl (C=O) groups is 1. The molecule has 0 N–H and O–H groups in total. The van der Waals surface area contributed by atoms with Gasteiger partial charge in [0.25, 0.3) is 5.91 Å². The van der Waals surface area contributed by atoms with Crippen molar-refractivity contribution in [1.82, 2.24) is 9.21 Å². The Bertz CT molecular complexity index is 1080. The van der Waals surface area contributed by atoms with Crippen LogP contribution in [0.3, 0.4) is 0 Å². The van der Waals surface area contributed by atoms with E-state index in [9.17, 15) is 26.4 Å². The Labute approximate surface area is 209 Å². The number of benzene rings is 1. The minimum Gasteiger partial charge on any atom is -0.348 e. The Balaban J connectivity index is 1.42. The maximum atomic E-state index is 13.0. The fraction of sp³-hybridized carbons (Fsp3) is 0.667. The molecule has 6 nitrogen and oxygen atoms in total. The molecule has 35 heavy (non-hydrogen) atoms. The number of thioether (sulfide) groups is 1. The number of aliphatic imine (C=N–C) groups is 1. The first kappa shape index (κ1) is 26.5. The minimum atomic E-state index is -4.51. The minimum absolute atomic E-state index is 0.0399. The lowest BCUT2D eigenvalue weighted by Gasteiger charge is -2.44. The molecule has 4 rings (SSSR count). The predicted molar refractivity (Wildman–Crippen MR) is 131 cm³/mol. The molecule has 1 aromatic carbocycles. The molecule has 1 saturated carbocycles. The molecule has 1 saturated heterocycles. The molecule has 1 aromatic rings. The van der Waals surface area contributed by atoms with Crippen molar-refractivity contribution < 1.29 is 26.4 Å². The number of nitrogens with zero attached hydrogens (tertiary/aromatic N) is 3. The van der Waals surface area contributed by atoms with Gasteiger partial charge < -0.3 is 4.90 Å². The van der Waals surface area contributed by atoms with Gasteiger partial charge in [-0.15, -0.1) is 0 Å². The lowest BCUT2D eigenvalue weighted by atomic mass is 9.71. The van der Waals surface area contributed by atoms with Crippen LogP contribution < -0.4 is 0 Å². The van der Waals surface area contributed by atoms with Crippen LogP contribution >= 0.6 is 11.8 Å². The lowest BCUT2D eigenvalue weighted by Crippen LogP contribution is -2.50. The van der Waals surface area contributed by atoms with E-state index in [0.717, 1.165) is 48.7 Å². The van der Waals surface area contributed by atoms with Crippen molar-refractivity contribution in [3.63, 3.8) is 0 Å². The van der Waals surface area contributed by atoms with Crippen molar-refractivity contribution in [2.75, 3.05) is 19.6 Å². The van der Waals surface area contributed by atoms with Crippen molar-refractivity contribution in [3.05, 3.63) is 29.8 Å². The highest BCUT2D eigenvalue weighted by molar-refractivity contribution is 8.14. The van der Waals surface area contributed by atoms with Crippen molar-refractivity contribution >= 4 is 32.9 Å². The molecule has 1 amide bonds. The molecule has 0 spiro atoms. The Morgan fingerprint density at radius 2 is 1.77 bits per heavy atom. The van der Waals surface area contributed by atoms with Crippen LogP contribution in [0.4, 0.5) is 13.2 Å². The first-order valence-corrected chi connectivity index (χ1v) is 14.4. The number of hydrogen-bond donors (Lipinski definition) is 0. The third kappa shape index (κ3) is 5.56. The zero-order chi connectivity index (χ0) is 25.6. The standard InChI is InChI=1S/C24H32F3N3O3S2/c1-4-30(22-28-21(31)19-15-23(2,3)12-9-20(19)34-22)17-10-13-29(14-11-17)35(32,33)18-7-5-16(6-8-18)24(25,26)27/h5-8,17,19-20H,4,9-15H2,1-3H3. The fourth-order valence-corrected chi connectivity index (χ4v) is 8.24. The van der Waals surface area contributed by atoms with Crippen molar-refractivity contribution in [2.24, 2.45) is 16.3 Å². The summed E-state index contributed by atoms with van der Waals surface area (Å²) < 4.78 is 65.8. The summed E-state index contributed by atoms with van der Waals surface area (Å²) in [6.07, 6.45) is -0.486. The van der Waals surface area contributed by atoms with Gasteiger partial charge >= 0.3 is 6.18 Å². The average Bonchev–Trinajstić information content (AvgIpc) is 2.80. The second-order valence-electron chi connectivity index (χ2n) is 10.3.